The van der Waals surface area contributed by atoms with Gasteiger partial charge in [-0.1, -0.05) is 83.0 Å². The topological polar surface area (TPSA) is 0 Å². The summed E-state index contributed by atoms with van der Waals surface area (Å²) in [6.07, 6.45) is 3.85. The van der Waals surface area contributed by atoms with Crippen molar-refractivity contribution >= 4 is 0 Å². The highest BCUT2D eigenvalue weighted by Crippen LogP contribution is 2.50. The third-order valence-corrected chi connectivity index (χ3v) is 4.73. The highest BCUT2D eigenvalue weighted by molar-refractivity contribution is 5.82. The summed E-state index contributed by atoms with van der Waals surface area (Å²) < 4.78 is 0. The van der Waals surface area contributed by atoms with E-state index in [9.17, 15) is 0 Å². The van der Waals surface area contributed by atoms with Gasteiger partial charge in [-0.3, -0.25) is 0 Å². The summed E-state index contributed by atoms with van der Waals surface area (Å²) in [5, 5.41) is 0. The summed E-state index contributed by atoms with van der Waals surface area (Å²) in [4.78, 5) is 0. The van der Waals surface area contributed by atoms with E-state index < -0.39 is 0 Å². The Kier molecular flexibility index (Phi) is 3.65. The van der Waals surface area contributed by atoms with Crippen molar-refractivity contribution in [1.29, 1.82) is 0 Å². The first kappa shape index (κ1) is 14.4. The van der Waals surface area contributed by atoms with E-state index in [1.54, 1.807) is 5.56 Å². The van der Waals surface area contributed by atoms with Gasteiger partial charge in [0, 0.05) is 5.92 Å². The van der Waals surface area contributed by atoms with Crippen molar-refractivity contribution in [2.75, 3.05) is 0 Å². The molecule has 0 aliphatic heterocycles. The minimum absolute atomic E-state index is 0.193. The zero-order chi connectivity index (χ0) is 15.0. The average Bonchev–Trinajstić information content (AvgIpc) is 2.78. The molecule has 1 atom stereocenters. The van der Waals surface area contributed by atoms with E-state index in [1.807, 2.05) is 0 Å². The van der Waals surface area contributed by atoms with Crippen molar-refractivity contribution in [2.24, 2.45) is 0 Å². The fraction of sp³-hybridized carbons (Fsp3) is 0.429. The first-order valence-corrected chi connectivity index (χ1v) is 8.26. The Bertz CT molecular complexity index is 643. The molecule has 0 aromatic heterocycles. The van der Waals surface area contributed by atoms with Gasteiger partial charge in [0.2, 0.25) is 0 Å². The third-order valence-electron chi connectivity index (χ3n) is 4.73. The lowest BCUT2D eigenvalue weighted by atomic mass is 9.81. The van der Waals surface area contributed by atoms with E-state index in [0.29, 0.717) is 5.92 Å². The maximum atomic E-state index is 2.35. The molecule has 0 bridgehead atoms. The first-order valence-electron chi connectivity index (χ1n) is 8.26. The van der Waals surface area contributed by atoms with E-state index in [0.717, 1.165) is 0 Å². The van der Waals surface area contributed by atoms with E-state index in [-0.39, 0.29) is 5.41 Å². The lowest BCUT2D eigenvalue weighted by molar-refractivity contribution is 0.590. The van der Waals surface area contributed by atoms with Crippen LogP contribution in [0.2, 0.25) is 0 Å². The highest BCUT2D eigenvalue weighted by atomic mass is 14.4. The molecule has 1 aliphatic rings. The van der Waals surface area contributed by atoms with E-state index in [4.69, 9.17) is 0 Å². The van der Waals surface area contributed by atoms with Gasteiger partial charge >= 0.3 is 0 Å². The Balaban J connectivity index is 2.21. The van der Waals surface area contributed by atoms with E-state index in [1.165, 1.54) is 41.5 Å². The number of benzene rings is 2. The predicted octanol–water partition coefficient (Wildman–Crippen LogP) is 6.29. The summed E-state index contributed by atoms with van der Waals surface area (Å²) in [7, 11) is 0. The van der Waals surface area contributed by atoms with Crippen LogP contribution in [0, 0.1) is 0 Å². The first-order chi connectivity index (χ1) is 10.0. The fourth-order valence-corrected chi connectivity index (χ4v) is 3.70. The fourth-order valence-electron chi connectivity index (χ4n) is 3.70. The lowest BCUT2D eigenvalue weighted by Crippen LogP contribution is -2.13. The minimum Gasteiger partial charge on any atom is -0.0654 e. The van der Waals surface area contributed by atoms with Gasteiger partial charge in [0.15, 0.2) is 0 Å². The molecule has 0 heterocycles. The van der Waals surface area contributed by atoms with Gasteiger partial charge < -0.3 is 0 Å². The minimum atomic E-state index is 0.193. The molecular weight excluding hydrogens is 252 g/mol. The third kappa shape index (κ3) is 2.41. The van der Waals surface area contributed by atoms with Gasteiger partial charge in [-0.2, -0.15) is 0 Å². The Morgan fingerprint density at radius 1 is 0.905 bits per heavy atom. The number of hydrogen-bond donors (Lipinski definition) is 0. The zero-order valence-electron chi connectivity index (χ0n) is 13.7. The number of unbranched alkanes of at least 4 members (excludes halogenated alkanes) is 1. The van der Waals surface area contributed by atoms with Crippen LogP contribution in [0.25, 0.3) is 11.1 Å². The molecular formula is C21H26. The van der Waals surface area contributed by atoms with Gasteiger partial charge in [-0.05, 0) is 39.7 Å². The van der Waals surface area contributed by atoms with Gasteiger partial charge in [0.1, 0.15) is 0 Å². The summed E-state index contributed by atoms with van der Waals surface area (Å²) in [6, 6.07) is 16.0. The molecule has 0 nitrogen and oxygen atoms in total. The van der Waals surface area contributed by atoms with Crippen LogP contribution >= 0.6 is 0 Å². The molecule has 1 unspecified atom stereocenters. The molecule has 21 heavy (non-hydrogen) atoms. The number of hydrogen-bond acceptors (Lipinski definition) is 0. The largest absolute Gasteiger partial charge is 0.0654 e. The average molecular weight is 278 g/mol. The second-order valence-electron chi connectivity index (χ2n) is 7.30. The molecule has 2 aromatic rings. The quantitative estimate of drug-likeness (QED) is 0.619. The van der Waals surface area contributed by atoms with Crippen molar-refractivity contribution in [3.8, 4) is 11.1 Å². The molecule has 2 aromatic carbocycles. The summed E-state index contributed by atoms with van der Waals surface area (Å²) in [5.74, 6) is 0.596. The Morgan fingerprint density at radius 2 is 1.62 bits per heavy atom. The molecule has 0 fully saturated rings. The molecule has 110 valence electrons. The number of fused-ring (bicyclic) bond motifs is 3. The van der Waals surface area contributed by atoms with Gasteiger partial charge in [-0.15, -0.1) is 0 Å². The van der Waals surface area contributed by atoms with Gasteiger partial charge in [0.25, 0.3) is 0 Å². The van der Waals surface area contributed by atoms with Crippen LogP contribution in [-0.2, 0) is 5.41 Å². The number of rotatable bonds is 3. The standard InChI is InChI=1S/C21H26/c1-5-6-10-15-16-11-7-8-12-17(16)20-18(15)13-9-14-19(20)21(2,3)4/h7-9,11-15H,5-6,10H2,1-4H3. The van der Waals surface area contributed by atoms with Crippen molar-refractivity contribution < 1.29 is 0 Å². The van der Waals surface area contributed by atoms with Crippen molar-refractivity contribution in [3.05, 3.63) is 59.2 Å². The van der Waals surface area contributed by atoms with Crippen LogP contribution < -0.4 is 0 Å². The highest BCUT2D eigenvalue weighted by Gasteiger charge is 2.32. The van der Waals surface area contributed by atoms with E-state index >= 15 is 0 Å². The molecule has 0 radical (unpaired) electrons. The monoisotopic (exact) mass is 278 g/mol. The molecule has 0 spiro atoms. The summed E-state index contributed by atoms with van der Waals surface area (Å²) >= 11 is 0. The summed E-state index contributed by atoms with van der Waals surface area (Å²) in [6.45, 7) is 9.26. The normalized spacial score (nSPS) is 16.7. The SMILES string of the molecule is CCCCC1c2ccccc2-c2c1cccc2C(C)(C)C. The van der Waals surface area contributed by atoms with Gasteiger partial charge in [-0.25, -0.2) is 0 Å². The van der Waals surface area contributed by atoms with Crippen molar-refractivity contribution in [3.63, 3.8) is 0 Å². The maximum Gasteiger partial charge on any atom is 0.0102 e. The van der Waals surface area contributed by atoms with Crippen LogP contribution in [0.3, 0.4) is 0 Å². The van der Waals surface area contributed by atoms with Crippen LogP contribution in [0.15, 0.2) is 42.5 Å². The molecule has 0 heteroatoms. The molecule has 0 saturated carbocycles. The second kappa shape index (κ2) is 5.33. The van der Waals surface area contributed by atoms with E-state index in [2.05, 4.69) is 70.2 Å². The molecule has 1 aliphatic carbocycles. The zero-order valence-corrected chi connectivity index (χ0v) is 13.7. The smallest absolute Gasteiger partial charge is 0.0102 e. The second-order valence-corrected chi connectivity index (χ2v) is 7.30. The van der Waals surface area contributed by atoms with Crippen LogP contribution in [0.1, 0.15) is 69.6 Å². The summed E-state index contributed by atoms with van der Waals surface area (Å²) in [5.41, 5.74) is 7.76. The Labute approximate surface area is 129 Å². The molecule has 0 saturated heterocycles. The molecule has 0 N–H and O–H groups in total. The van der Waals surface area contributed by atoms with Crippen molar-refractivity contribution in [2.45, 2.75) is 58.3 Å². The predicted molar refractivity (Wildman–Crippen MR) is 91.9 cm³/mol. The Morgan fingerprint density at radius 3 is 2.33 bits per heavy atom. The Hall–Kier alpha value is -1.56. The van der Waals surface area contributed by atoms with Crippen LogP contribution in [0.5, 0.6) is 0 Å². The maximum absolute atomic E-state index is 2.35. The molecule has 3 rings (SSSR count). The van der Waals surface area contributed by atoms with Gasteiger partial charge in [0.05, 0.1) is 0 Å². The lowest BCUT2D eigenvalue weighted by Gasteiger charge is -2.23. The van der Waals surface area contributed by atoms with Crippen molar-refractivity contribution in [1.82, 2.24) is 0 Å². The molecule has 0 amide bonds. The van der Waals surface area contributed by atoms with Crippen LogP contribution in [0.4, 0.5) is 0 Å². The van der Waals surface area contributed by atoms with Crippen LogP contribution in [-0.4, -0.2) is 0 Å².